The fourth-order valence-corrected chi connectivity index (χ4v) is 2.88. The average Bonchev–Trinajstić information content (AvgIpc) is 2.30. The third-order valence-electron chi connectivity index (χ3n) is 2.87. The predicted octanol–water partition coefficient (Wildman–Crippen LogP) is 2.18. The molecule has 1 fully saturated rings. The van der Waals surface area contributed by atoms with E-state index in [1.165, 1.54) is 0 Å². The fraction of sp³-hybridized carbons (Fsp3) is 1.00. The number of hydrogen-bond acceptors (Lipinski definition) is 4. The summed E-state index contributed by atoms with van der Waals surface area (Å²) in [6.07, 6.45) is 1.13. The minimum absolute atomic E-state index is 0.883. The van der Waals surface area contributed by atoms with Gasteiger partial charge in [0.15, 0.2) is 16.6 Å². The molecule has 0 amide bonds. The van der Waals surface area contributed by atoms with Gasteiger partial charge >= 0.3 is 0 Å². The minimum atomic E-state index is -1.39. The van der Waals surface area contributed by atoms with Crippen LogP contribution in [0.2, 0.25) is 32.7 Å². The van der Waals surface area contributed by atoms with E-state index in [1.54, 1.807) is 7.11 Å². The van der Waals surface area contributed by atoms with Gasteiger partial charge < -0.3 is 13.6 Å². The van der Waals surface area contributed by atoms with Crippen molar-refractivity contribution in [1.29, 1.82) is 0 Å². The van der Waals surface area contributed by atoms with Crippen LogP contribution in [-0.2, 0) is 13.6 Å². The highest BCUT2D eigenvalue weighted by atomic mass is 28.4. The predicted molar refractivity (Wildman–Crippen MR) is 82.1 cm³/mol. The molecular formula is C12H31NO3Si2. The Hall–Kier alpha value is 0.274. The van der Waals surface area contributed by atoms with Crippen LogP contribution < -0.4 is 0 Å². The Morgan fingerprint density at radius 1 is 0.944 bits per heavy atom. The molecule has 1 aliphatic rings. The molecule has 0 aromatic rings. The van der Waals surface area contributed by atoms with E-state index in [2.05, 4.69) is 37.6 Å². The lowest BCUT2D eigenvalue weighted by Gasteiger charge is -2.32. The molecule has 0 saturated carbocycles. The SMILES string of the molecule is CO[Si](C)(C)C.CO[Si](C)(C)CN1CCOCC1. The maximum absolute atomic E-state index is 5.50. The fourth-order valence-electron chi connectivity index (χ4n) is 1.36. The van der Waals surface area contributed by atoms with Gasteiger partial charge in [0.2, 0.25) is 0 Å². The Labute approximate surface area is 115 Å². The Balaban J connectivity index is 0.000000411. The van der Waals surface area contributed by atoms with Gasteiger partial charge in [-0.25, -0.2) is 0 Å². The highest BCUT2D eigenvalue weighted by Gasteiger charge is 2.25. The number of hydrogen-bond donors (Lipinski definition) is 0. The first-order valence-electron chi connectivity index (χ1n) is 6.60. The van der Waals surface area contributed by atoms with Gasteiger partial charge in [0.05, 0.1) is 13.2 Å². The van der Waals surface area contributed by atoms with Crippen molar-refractivity contribution in [3.63, 3.8) is 0 Å². The molecule has 6 heteroatoms. The topological polar surface area (TPSA) is 30.9 Å². The smallest absolute Gasteiger partial charge is 0.199 e. The van der Waals surface area contributed by atoms with E-state index in [9.17, 15) is 0 Å². The largest absolute Gasteiger partial charge is 0.421 e. The van der Waals surface area contributed by atoms with Gasteiger partial charge in [-0.15, -0.1) is 0 Å². The normalized spacial score (nSPS) is 18.2. The number of ether oxygens (including phenoxy) is 1. The molecule has 18 heavy (non-hydrogen) atoms. The van der Waals surface area contributed by atoms with Crippen molar-refractivity contribution in [2.75, 3.05) is 46.7 Å². The molecule has 0 aromatic carbocycles. The lowest BCUT2D eigenvalue weighted by atomic mass is 10.5. The summed E-state index contributed by atoms with van der Waals surface area (Å²) in [5, 5.41) is 0. The van der Waals surface area contributed by atoms with E-state index < -0.39 is 16.6 Å². The van der Waals surface area contributed by atoms with Crippen LogP contribution in [0.1, 0.15) is 0 Å². The molecule has 0 spiro atoms. The van der Waals surface area contributed by atoms with Crippen LogP contribution in [0.25, 0.3) is 0 Å². The summed E-state index contributed by atoms with van der Waals surface area (Å²) in [5.74, 6) is 0. The highest BCUT2D eigenvalue weighted by Crippen LogP contribution is 2.07. The average molecular weight is 294 g/mol. The van der Waals surface area contributed by atoms with Gasteiger partial charge in [-0.05, 0) is 32.7 Å². The van der Waals surface area contributed by atoms with E-state index in [0.29, 0.717) is 0 Å². The van der Waals surface area contributed by atoms with Crippen molar-refractivity contribution in [1.82, 2.24) is 4.90 Å². The first-order valence-corrected chi connectivity index (χ1v) is 13.1. The van der Waals surface area contributed by atoms with E-state index in [1.807, 2.05) is 7.11 Å². The first-order chi connectivity index (χ1) is 8.20. The van der Waals surface area contributed by atoms with Crippen molar-refractivity contribution < 1.29 is 13.6 Å². The van der Waals surface area contributed by atoms with Gasteiger partial charge in [0.25, 0.3) is 0 Å². The molecule has 0 bridgehead atoms. The molecule has 1 heterocycles. The zero-order chi connectivity index (χ0) is 14.2. The van der Waals surface area contributed by atoms with Crippen LogP contribution in [0.15, 0.2) is 0 Å². The summed E-state index contributed by atoms with van der Waals surface area (Å²) in [6, 6.07) is 0. The van der Waals surface area contributed by atoms with Crippen molar-refractivity contribution in [3.8, 4) is 0 Å². The molecular weight excluding hydrogens is 262 g/mol. The maximum Gasteiger partial charge on any atom is 0.199 e. The number of rotatable bonds is 4. The van der Waals surface area contributed by atoms with E-state index >= 15 is 0 Å². The Bertz CT molecular complexity index is 214. The second-order valence-corrected chi connectivity index (χ2v) is 15.0. The van der Waals surface area contributed by atoms with E-state index in [4.69, 9.17) is 13.6 Å². The van der Waals surface area contributed by atoms with Crippen molar-refractivity contribution in [3.05, 3.63) is 0 Å². The summed E-state index contributed by atoms with van der Waals surface area (Å²) in [5.41, 5.74) is 0. The summed E-state index contributed by atoms with van der Waals surface area (Å²) < 4.78 is 15.9. The summed E-state index contributed by atoms with van der Waals surface area (Å²) in [7, 11) is 1.07. The lowest BCUT2D eigenvalue weighted by molar-refractivity contribution is 0.0438. The van der Waals surface area contributed by atoms with Crippen molar-refractivity contribution in [2.45, 2.75) is 32.7 Å². The standard InChI is InChI=1S/C8H19NO2Si.C4H12OSi/c1-10-12(2,3)8-9-4-6-11-7-5-9;1-5-6(2,3)4/h4-8H2,1-3H3;1-4H3. The molecule has 4 nitrogen and oxygen atoms in total. The highest BCUT2D eigenvalue weighted by molar-refractivity contribution is 6.71. The molecule has 1 saturated heterocycles. The van der Waals surface area contributed by atoms with Crippen LogP contribution in [0.3, 0.4) is 0 Å². The monoisotopic (exact) mass is 293 g/mol. The number of nitrogens with zero attached hydrogens (tertiary/aromatic N) is 1. The van der Waals surface area contributed by atoms with Crippen LogP contribution >= 0.6 is 0 Å². The van der Waals surface area contributed by atoms with Crippen LogP contribution in [-0.4, -0.2) is 68.2 Å². The van der Waals surface area contributed by atoms with Crippen molar-refractivity contribution >= 4 is 16.6 Å². The summed E-state index contributed by atoms with van der Waals surface area (Å²) in [4.78, 5) is 2.44. The molecule has 1 rings (SSSR count). The van der Waals surface area contributed by atoms with Crippen molar-refractivity contribution in [2.24, 2.45) is 0 Å². The van der Waals surface area contributed by atoms with Gasteiger partial charge in [0, 0.05) is 33.5 Å². The molecule has 0 aliphatic carbocycles. The minimum Gasteiger partial charge on any atom is -0.421 e. The quantitative estimate of drug-likeness (QED) is 0.744. The Kier molecular flexibility index (Phi) is 8.57. The molecule has 110 valence electrons. The lowest BCUT2D eigenvalue weighted by Crippen LogP contribution is -2.48. The Morgan fingerprint density at radius 2 is 1.39 bits per heavy atom. The van der Waals surface area contributed by atoms with Gasteiger partial charge in [-0.3, -0.25) is 4.90 Å². The van der Waals surface area contributed by atoms with E-state index in [0.717, 1.165) is 32.5 Å². The maximum atomic E-state index is 5.50. The van der Waals surface area contributed by atoms with E-state index in [-0.39, 0.29) is 0 Å². The van der Waals surface area contributed by atoms with Gasteiger partial charge in [0.1, 0.15) is 0 Å². The Morgan fingerprint density at radius 3 is 1.72 bits per heavy atom. The zero-order valence-electron chi connectivity index (χ0n) is 13.2. The molecule has 1 aliphatic heterocycles. The molecule has 0 N–H and O–H groups in total. The second-order valence-electron chi connectivity index (χ2n) is 6.17. The molecule has 0 atom stereocenters. The van der Waals surface area contributed by atoms with Crippen LogP contribution in [0, 0.1) is 0 Å². The molecule has 0 aromatic heterocycles. The summed E-state index contributed by atoms with van der Waals surface area (Å²) in [6.45, 7) is 14.9. The zero-order valence-corrected chi connectivity index (χ0v) is 15.2. The third kappa shape index (κ3) is 10.2. The second kappa shape index (κ2) is 8.45. The van der Waals surface area contributed by atoms with Gasteiger partial charge in [-0.2, -0.15) is 0 Å². The number of morpholine rings is 1. The van der Waals surface area contributed by atoms with Gasteiger partial charge in [-0.1, -0.05) is 0 Å². The molecule has 0 unspecified atom stereocenters. The summed E-state index contributed by atoms with van der Waals surface area (Å²) >= 11 is 0. The van der Waals surface area contributed by atoms with Crippen LogP contribution in [0.4, 0.5) is 0 Å². The third-order valence-corrected chi connectivity index (χ3v) is 6.41. The molecule has 0 radical (unpaired) electrons. The first kappa shape index (κ1) is 18.3. The van der Waals surface area contributed by atoms with Crippen LogP contribution in [0.5, 0.6) is 0 Å².